The molecular weight excluding hydrogens is 318 g/mol. The zero-order chi connectivity index (χ0) is 17.3. The Morgan fingerprint density at radius 3 is 2.57 bits per heavy atom. The highest BCUT2D eigenvalue weighted by Gasteiger charge is 2.22. The molecule has 0 radical (unpaired) electrons. The molecule has 0 aromatic carbocycles. The number of hydrogen-bond donors (Lipinski definition) is 1. The molecule has 2 aromatic heterocycles. The van der Waals surface area contributed by atoms with Gasteiger partial charge in [0, 0.05) is 20.1 Å². The van der Waals surface area contributed by atoms with Crippen molar-refractivity contribution in [2.75, 3.05) is 13.6 Å². The molecule has 2 aromatic rings. The maximum Gasteiger partial charge on any atom is 0.305 e. The second-order valence-corrected chi connectivity index (χ2v) is 6.31. The average Bonchev–Trinajstić information content (AvgIpc) is 2.81. The number of aryl methyl sites for hydroxylation is 2. The summed E-state index contributed by atoms with van der Waals surface area (Å²) in [6, 6.07) is 0. The molecule has 23 heavy (non-hydrogen) atoms. The first-order valence-electron chi connectivity index (χ1n) is 7.25. The third-order valence-electron chi connectivity index (χ3n) is 3.76. The normalized spacial score (nSPS) is 11.0. The molecule has 0 bridgehead atoms. The summed E-state index contributed by atoms with van der Waals surface area (Å²) >= 11 is 1.18. The molecular formula is C15H19N3O4S. The Kier molecular flexibility index (Phi) is 4.84. The van der Waals surface area contributed by atoms with Gasteiger partial charge in [0.2, 0.25) is 0 Å². The van der Waals surface area contributed by atoms with E-state index in [0.29, 0.717) is 33.0 Å². The smallest absolute Gasteiger partial charge is 0.305 e. The minimum Gasteiger partial charge on any atom is -0.481 e. The molecule has 0 aliphatic carbocycles. The number of carboxylic acids is 1. The topological polar surface area (TPSA) is 92.5 Å². The number of carbonyl (C=O) groups excluding carboxylic acids is 1. The monoisotopic (exact) mass is 337 g/mol. The number of aromatic nitrogens is 2. The zero-order valence-corrected chi connectivity index (χ0v) is 14.4. The summed E-state index contributed by atoms with van der Waals surface area (Å²) in [6.07, 6.45) is -0.119. The molecule has 0 aliphatic rings. The molecule has 0 fully saturated rings. The lowest BCUT2D eigenvalue weighted by Gasteiger charge is -2.15. The largest absolute Gasteiger partial charge is 0.481 e. The van der Waals surface area contributed by atoms with Crippen LogP contribution in [0.3, 0.4) is 0 Å². The molecule has 2 rings (SSSR count). The van der Waals surface area contributed by atoms with E-state index >= 15 is 0 Å². The Morgan fingerprint density at radius 2 is 2.00 bits per heavy atom. The molecule has 0 saturated heterocycles. The van der Waals surface area contributed by atoms with Crippen LogP contribution in [0.4, 0.5) is 0 Å². The van der Waals surface area contributed by atoms with Crippen LogP contribution in [0.5, 0.6) is 0 Å². The summed E-state index contributed by atoms with van der Waals surface area (Å²) in [6.45, 7) is 6.00. The zero-order valence-electron chi connectivity index (χ0n) is 13.5. The molecule has 0 saturated carbocycles. The second-order valence-electron chi connectivity index (χ2n) is 5.32. The molecule has 0 aliphatic heterocycles. The number of rotatable bonds is 5. The Balaban J connectivity index is 2.49. The van der Waals surface area contributed by atoms with Gasteiger partial charge in [-0.25, -0.2) is 4.98 Å². The van der Waals surface area contributed by atoms with Crippen molar-refractivity contribution in [1.82, 2.24) is 14.5 Å². The van der Waals surface area contributed by atoms with Gasteiger partial charge < -0.3 is 10.0 Å². The molecule has 1 amide bonds. The van der Waals surface area contributed by atoms with Crippen LogP contribution in [-0.4, -0.2) is 45.0 Å². The third-order valence-corrected chi connectivity index (χ3v) is 4.93. The Morgan fingerprint density at radius 1 is 1.35 bits per heavy atom. The van der Waals surface area contributed by atoms with Crippen molar-refractivity contribution >= 4 is 33.4 Å². The van der Waals surface area contributed by atoms with Crippen LogP contribution >= 0.6 is 11.3 Å². The van der Waals surface area contributed by atoms with Crippen molar-refractivity contribution < 1.29 is 14.7 Å². The van der Waals surface area contributed by atoms with E-state index in [1.807, 2.05) is 6.92 Å². The van der Waals surface area contributed by atoms with E-state index in [1.54, 1.807) is 25.5 Å². The van der Waals surface area contributed by atoms with Crippen molar-refractivity contribution in [2.24, 2.45) is 0 Å². The van der Waals surface area contributed by atoms with Crippen molar-refractivity contribution in [2.45, 2.75) is 33.7 Å². The maximum atomic E-state index is 12.5. The van der Waals surface area contributed by atoms with Crippen LogP contribution in [0.15, 0.2) is 4.79 Å². The second kappa shape index (κ2) is 6.49. The number of fused-ring (bicyclic) bond motifs is 1. The molecule has 8 heteroatoms. The maximum absolute atomic E-state index is 12.5. The average molecular weight is 337 g/mol. The van der Waals surface area contributed by atoms with E-state index in [4.69, 9.17) is 5.11 Å². The van der Waals surface area contributed by atoms with Crippen molar-refractivity contribution in [3.8, 4) is 0 Å². The fourth-order valence-electron chi connectivity index (χ4n) is 2.43. The number of carboxylic acid groups (broad SMARTS) is 1. The van der Waals surface area contributed by atoms with Crippen LogP contribution in [0.25, 0.3) is 10.2 Å². The van der Waals surface area contributed by atoms with Crippen LogP contribution < -0.4 is 5.56 Å². The molecule has 0 spiro atoms. The van der Waals surface area contributed by atoms with E-state index in [0.717, 1.165) is 0 Å². The van der Waals surface area contributed by atoms with Crippen molar-refractivity contribution in [1.29, 1.82) is 0 Å². The standard InChI is InChI=1S/C15H19N3O4S/c1-5-18-9(3)16-13-11(14(18)21)8(2)12(23-13)15(22)17(4)7-6-10(19)20/h5-7H2,1-4H3,(H,19,20). The van der Waals surface area contributed by atoms with Gasteiger partial charge in [0.25, 0.3) is 11.5 Å². The predicted octanol–water partition coefficient (Wildman–Crippen LogP) is 1.64. The van der Waals surface area contributed by atoms with Gasteiger partial charge in [-0.2, -0.15) is 0 Å². The van der Waals surface area contributed by atoms with Crippen molar-refractivity contribution in [3.05, 3.63) is 26.6 Å². The number of aliphatic carboxylic acids is 1. The van der Waals surface area contributed by atoms with E-state index < -0.39 is 5.97 Å². The molecule has 7 nitrogen and oxygen atoms in total. The number of carbonyl (C=O) groups is 2. The molecule has 1 N–H and O–H groups in total. The van der Waals surface area contributed by atoms with Crippen molar-refractivity contribution in [3.63, 3.8) is 0 Å². The summed E-state index contributed by atoms with van der Waals surface area (Å²) in [5, 5.41) is 9.19. The highest BCUT2D eigenvalue weighted by Crippen LogP contribution is 2.28. The highest BCUT2D eigenvalue weighted by atomic mass is 32.1. The summed E-state index contributed by atoms with van der Waals surface area (Å²) in [5.74, 6) is -0.628. The molecule has 124 valence electrons. The summed E-state index contributed by atoms with van der Waals surface area (Å²) in [5.41, 5.74) is 0.466. The lowest BCUT2D eigenvalue weighted by atomic mass is 10.2. The van der Waals surface area contributed by atoms with Crippen LogP contribution in [0.1, 0.15) is 34.4 Å². The third kappa shape index (κ3) is 3.12. The van der Waals surface area contributed by atoms with E-state index in [9.17, 15) is 14.4 Å². The van der Waals surface area contributed by atoms with Gasteiger partial charge in [-0.1, -0.05) is 0 Å². The van der Waals surface area contributed by atoms with Crippen LogP contribution in [0, 0.1) is 13.8 Å². The fraction of sp³-hybridized carbons (Fsp3) is 0.467. The van der Waals surface area contributed by atoms with E-state index in [-0.39, 0.29) is 24.4 Å². The minimum absolute atomic E-state index is 0.119. The summed E-state index contributed by atoms with van der Waals surface area (Å²) < 4.78 is 1.57. The van der Waals surface area contributed by atoms with Gasteiger partial charge in [0.1, 0.15) is 10.7 Å². The van der Waals surface area contributed by atoms with Crippen LogP contribution in [-0.2, 0) is 11.3 Å². The molecule has 2 heterocycles. The Hall–Kier alpha value is -2.22. The first kappa shape index (κ1) is 17.1. The fourth-order valence-corrected chi connectivity index (χ4v) is 3.64. The van der Waals surface area contributed by atoms with Gasteiger partial charge in [0.05, 0.1) is 16.7 Å². The lowest BCUT2D eigenvalue weighted by Crippen LogP contribution is -2.29. The highest BCUT2D eigenvalue weighted by molar-refractivity contribution is 7.20. The molecule has 0 atom stereocenters. The van der Waals surface area contributed by atoms with Gasteiger partial charge in [-0.15, -0.1) is 11.3 Å². The Bertz CT molecular complexity index is 837. The summed E-state index contributed by atoms with van der Waals surface area (Å²) in [4.78, 5) is 42.4. The first-order chi connectivity index (χ1) is 10.8. The first-order valence-corrected chi connectivity index (χ1v) is 8.07. The van der Waals surface area contributed by atoms with Gasteiger partial charge in [-0.05, 0) is 26.3 Å². The lowest BCUT2D eigenvalue weighted by molar-refractivity contribution is -0.137. The number of hydrogen-bond acceptors (Lipinski definition) is 5. The van der Waals surface area contributed by atoms with Crippen LogP contribution in [0.2, 0.25) is 0 Å². The summed E-state index contributed by atoms with van der Waals surface area (Å²) in [7, 11) is 1.55. The van der Waals surface area contributed by atoms with E-state index in [2.05, 4.69) is 4.98 Å². The predicted molar refractivity (Wildman–Crippen MR) is 88.2 cm³/mol. The van der Waals surface area contributed by atoms with Gasteiger partial charge >= 0.3 is 5.97 Å². The quantitative estimate of drug-likeness (QED) is 0.895. The Labute approximate surface area is 137 Å². The van der Waals surface area contributed by atoms with E-state index in [1.165, 1.54) is 16.2 Å². The minimum atomic E-state index is -0.958. The molecule has 0 unspecified atom stereocenters. The van der Waals surface area contributed by atoms with Gasteiger partial charge in [-0.3, -0.25) is 19.0 Å². The number of amides is 1. The number of thiophene rings is 1. The number of nitrogens with zero attached hydrogens (tertiary/aromatic N) is 3. The van der Waals surface area contributed by atoms with Gasteiger partial charge in [0.15, 0.2) is 0 Å². The SMILES string of the molecule is CCn1c(C)nc2sc(C(=O)N(C)CCC(=O)O)c(C)c2c1=O.